The van der Waals surface area contributed by atoms with Crippen LogP contribution in [0.4, 0.5) is 10.2 Å². The molecule has 0 saturated carbocycles. The maximum atomic E-state index is 13.7. The van der Waals surface area contributed by atoms with Crippen LogP contribution in [-0.2, 0) is 6.42 Å². The van der Waals surface area contributed by atoms with E-state index in [2.05, 4.69) is 15.3 Å². The molecule has 0 aliphatic carbocycles. The minimum Gasteiger partial charge on any atom is -0.365 e. The van der Waals surface area contributed by atoms with Crippen LogP contribution in [0, 0.1) is 5.82 Å². The van der Waals surface area contributed by atoms with Gasteiger partial charge in [-0.2, -0.15) is 0 Å². The maximum absolute atomic E-state index is 13.7. The highest BCUT2D eigenvalue weighted by Crippen LogP contribution is 2.14. The molecule has 0 spiro atoms. The average Bonchev–Trinajstić information content (AvgIpc) is 2.21. The number of nitrogens with zero attached hydrogens (tertiary/aromatic N) is 2. The summed E-state index contributed by atoms with van der Waals surface area (Å²) in [5.74, 6) is -0.0910. The van der Waals surface area contributed by atoms with Crippen LogP contribution in [0.15, 0.2) is 6.33 Å². The van der Waals surface area contributed by atoms with Crippen LogP contribution in [0.2, 0.25) is 0 Å². The summed E-state index contributed by atoms with van der Waals surface area (Å²) in [6, 6.07) is 0.115. The van der Waals surface area contributed by atoms with Crippen molar-refractivity contribution in [3.63, 3.8) is 0 Å². The molecule has 1 unspecified atom stereocenters. The Bertz CT molecular complexity index is 316. The first-order valence-electron chi connectivity index (χ1n) is 5.15. The lowest BCUT2D eigenvalue weighted by Crippen LogP contribution is -2.21. The Balaban J connectivity index is 2.76. The normalized spacial score (nSPS) is 12.5. The zero-order valence-corrected chi connectivity index (χ0v) is 9.13. The lowest BCUT2D eigenvalue weighted by molar-refractivity contribution is 0.590. The highest BCUT2D eigenvalue weighted by molar-refractivity contribution is 5.38. The molecule has 0 aromatic carbocycles. The van der Waals surface area contributed by atoms with E-state index in [-0.39, 0.29) is 17.7 Å². The van der Waals surface area contributed by atoms with E-state index in [0.29, 0.717) is 18.7 Å². The molecule has 1 aromatic rings. The molecule has 0 fully saturated rings. The minimum atomic E-state index is -0.358. The van der Waals surface area contributed by atoms with Gasteiger partial charge in [-0.25, -0.2) is 14.4 Å². The van der Waals surface area contributed by atoms with Crippen LogP contribution in [0.3, 0.4) is 0 Å². The van der Waals surface area contributed by atoms with E-state index in [4.69, 9.17) is 5.73 Å². The van der Waals surface area contributed by atoms with E-state index in [1.165, 1.54) is 6.33 Å². The third-order valence-electron chi connectivity index (χ3n) is 2.18. The molecule has 0 amide bonds. The van der Waals surface area contributed by atoms with Gasteiger partial charge in [-0.05, 0) is 26.3 Å². The zero-order chi connectivity index (χ0) is 11.3. The van der Waals surface area contributed by atoms with Crippen molar-refractivity contribution >= 4 is 5.82 Å². The Kier molecular flexibility index (Phi) is 4.42. The molecular weight excluding hydrogens is 195 g/mol. The second-order valence-electron chi connectivity index (χ2n) is 3.46. The molecule has 3 N–H and O–H groups in total. The fourth-order valence-corrected chi connectivity index (χ4v) is 1.31. The van der Waals surface area contributed by atoms with Gasteiger partial charge in [0, 0.05) is 6.04 Å². The molecule has 1 heterocycles. The summed E-state index contributed by atoms with van der Waals surface area (Å²) in [7, 11) is 0. The Morgan fingerprint density at radius 1 is 1.53 bits per heavy atom. The van der Waals surface area contributed by atoms with E-state index in [0.717, 1.165) is 6.42 Å². The van der Waals surface area contributed by atoms with Crippen molar-refractivity contribution in [3.05, 3.63) is 17.8 Å². The van der Waals surface area contributed by atoms with E-state index < -0.39 is 0 Å². The molecule has 1 atom stereocenters. The van der Waals surface area contributed by atoms with Gasteiger partial charge in [0.2, 0.25) is 0 Å². The molecule has 15 heavy (non-hydrogen) atoms. The van der Waals surface area contributed by atoms with Crippen molar-refractivity contribution in [3.8, 4) is 0 Å². The molecule has 0 aliphatic heterocycles. The van der Waals surface area contributed by atoms with E-state index in [9.17, 15) is 4.39 Å². The van der Waals surface area contributed by atoms with Crippen LogP contribution < -0.4 is 11.1 Å². The molecule has 0 bridgehead atoms. The van der Waals surface area contributed by atoms with Crippen LogP contribution in [0.5, 0.6) is 0 Å². The van der Waals surface area contributed by atoms with Crippen molar-refractivity contribution in [2.75, 3.05) is 11.9 Å². The lowest BCUT2D eigenvalue weighted by Gasteiger charge is -2.14. The second kappa shape index (κ2) is 5.60. The Morgan fingerprint density at radius 3 is 2.87 bits per heavy atom. The number of rotatable bonds is 5. The number of aromatic nitrogens is 2. The summed E-state index contributed by atoms with van der Waals surface area (Å²) in [6.45, 7) is 4.38. The number of nitrogens with one attached hydrogen (secondary N) is 1. The Labute approximate surface area is 89.1 Å². The van der Waals surface area contributed by atoms with Gasteiger partial charge in [-0.15, -0.1) is 0 Å². The Morgan fingerprint density at radius 2 is 2.27 bits per heavy atom. The summed E-state index contributed by atoms with van der Waals surface area (Å²) in [4.78, 5) is 7.73. The number of aryl methyl sites for hydroxylation is 1. The molecular formula is C10H17FN4. The molecule has 0 radical (unpaired) electrons. The Hall–Kier alpha value is -1.23. The summed E-state index contributed by atoms with van der Waals surface area (Å²) >= 11 is 0. The molecule has 5 heteroatoms. The molecule has 0 saturated heterocycles. The van der Waals surface area contributed by atoms with Crippen LogP contribution in [0.25, 0.3) is 0 Å². The van der Waals surface area contributed by atoms with E-state index in [1.54, 1.807) is 0 Å². The van der Waals surface area contributed by atoms with Gasteiger partial charge in [-0.3, -0.25) is 0 Å². The molecule has 84 valence electrons. The zero-order valence-electron chi connectivity index (χ0n) is 9.13. The molecule has 1 aromatic heterocycles. The third kappa shape index (κ3) is 3.13. The van der Waals surface area contributed by atoms with Crippen molar-refractivity contribution in [2.45, 2.75) is 32.7 Å². The topological polar surface area (TPSA) is 63.8 Å². The molecule has 0 aliphatic rings. The quantitative estimate of drug-likeness (QED) is 0.772. The largest absolute Gasteiger partial charge is 0.365 e. The van der Waals surface area contributed by atoms with Crippen LogP contribution in [-0.4, -0.2) is 22.6 Å². The van der Waals surface area contributed by atoms with Crippen LogP contribution in [0.1, 0.15) is 26.0 Å². The van der Waals surface area contributed by atoms with Gasteiger partial charge in [0.15, 0.2) is 11.6 Å². The van der Waals surface area contributed by atoms with Gasteiger partial charge in [0.1, 0.15) is 6.33 Å². The van der Waals surface area contributed by atoms with Crippen molar-refractivity contribution in [2.24, 2.45) is 5.73 Å². The van der Waals surface area contributed by atoms with Crippen molar-refractivity contribution < 1.29 is 4.39 Å². The standard InChI is InChI=1S/C10H17FN4/c1-3-8-9(11)10(14-6-13-8)15-7(2)4-5-12/h6-7H,3-5,12H2,1-2H3,(H,13,14,15). The first-order valence-corrected chi connectivity index (χ1v) is 5.15. The average molecular weight is 212 g/mol. The first-order chi connectivity index (χ1) is 7.19. The number of anilines is 1. The molecule has 1 rings (SSSR count). The van der Waals surface area contributed by atoms with Crippen molar-refractivity contribution in [1.29, 1.82) is 0 Å². The highest BCUT2D eigenvalue weighted by Gasteiger charge is 2.11. The lowest BCUT2D eigenvalue weighted by atomic mass is 10.2. The summed E-state index contributed by atoms with van der Waals surface area (Å²) < 4.78 is 13.7. The van der Waals surface area contributed by atoms with E-state index in [1.807, 2.05) is 13.8 Å². The number of hydrogen-bond donors (Lipinski definition) is 2. The highest BCUT2D eigenvalue weighted by atomic mass is 19.1. The van der Waals surface area contributed by atoms with Crippen LogP contribution >= 0.6 is 0 Å². The van der Waals surface area contributed by atoms with Gasteiger partial charge < -0.3 is 11.1 Å². The smallest absolute Gasteiger partial charge is 0.186 e. The van der Waals surface area contributed by atoms with E-state index >= 15 is 0 Å². The van der Waals surface area contributed by atoms with Gasteiger partial charge in [-0.1, -0.05) is 6.92 Å². The fraction of sp³-hybridized carbons (Fsp3) is 0.600. The SMILES string of the molecule is CCc1ncnc(NC(C)CCN)c1F. The van der Waals surface area contributed by atoms with Gasteiger partial charge >= 0.3 is 0 Å². The second-order valence-corrected chi connectivity index (χ2v) is 3.46. The number of hydrogen-bond acceptors (Lipinski definition) is 4. The third-order valence-corrected chi connectivity index (χ3v) is 2.18. The predicted octanol–water partition coefficient (Wildman–Crippen LogP) is 1.33. The molecule has 4 nitrogen and oxygen atoms in total. The number of nitrogens with two attached hydrogens (primary N) is 1. The summed E-state index contributed by atoms with van der Waals surface area (Å²) in [6.07, 6.45) is 2.72. The minimum absolute atomic E-state index is 0.115. The predicted molar refractivity (Wildman–Crippen MR) is 58.1 cm³/mol. The van der Waals surface area contributed by atoms with Gasteiger partial charge in [0.25, 0.3) is 0 Å². The number of halogens is 1. The maximum Gasteiger partial charge on any atom is 0.186 e. The van der Waals surface area contributed by atoms with Gasteiger partial charge in [0.05, 0.1) is 5.69 Å². The monoisotopic (exact) mass is 212 g/mol. The fourth-order valence-electron chi connectivity index (χ4n) is 1.31. The summed E-state index contributed by atoms with van der Waals surface area (Å²) in [5.41, 5.74) is 5.85. The summed E-state index contributed by atoms with van der Waals surface area (Å²) in [5, 5.41) is 2.98. The first kappa shape index (κ1) is 11.8. The van der Waals surface area contributed by atoms with Crippen molar-refractivity contribution in [1.82, 2.24) is 9.97 Å².